The Morgan fingerprint density at radius 3 is 2.58 bits per heavy atom. The molecular weight excluding hydrogens is 328 g/mol. The van der Waals surface area contributed by atoms with Gasteiger partial charge in [-0.15, -0.1) is 0 Å². The molecule has 0 aliphatic carbocycles. The maximum absolute atomic E-state index is 12.7. The molecule has 0 fully saturated rings. The number of benzene rings is 2. The fourth-order valence-corrected chi connectivity index (χ4v) is 2.65. The lowest BCUT2D eigenvalue weighted by molar-refractivity contribution is 0.102. The zero-order valence-corrected chi connectivity index (χ0v) is 14.9. The number of amides is 1. The summed E-state index contributed by atoms with van der Waals surface area (Å²) in [5.41, 5.74) is 2.92. The van der Waals surface area contributed by atoms with E-state index in [0.717, 1.165) is 11.1 Å². The van der Waals surface area contributed by atoms with Crippen molar-refractivity contribution < 1.29 is 9.53 Å². The highest BCUT2D eigenvalue weighted by Crippen LogP contribution is 2.31. The van der Waals surface area contributed by atoms with Crippen LogP contribution in [0.1, 0.15) is 10.4 Å². The molecule has 132 valence electrons. The zero-order valence-electron chi connectivity index (χ0n) is 14.9. The predicted octanol–water partition coefficient (Wildman–Crippen LogP) is 3.47. The molecule has 1 aromatic heterocycles. The van der Waals surface area contributed by atoms with Gasteiger partial charge in [0, 0.05) is 25.2 Å². The first-order valence-corrected chi connectivity index (χ1v) is 8.12. The van der Waals surface area contributed by atoms with Crippen LogP contribution in [-0.4, -0.2) is 37.1 Å². The Kier molecular flexibility index (Phi) is 5.12. The Bertz CT molecular complexity index is 911. The molecule has 0 unspecified atom stereocenters. The molecule has 3 aromatic rings. The van der Waals surface area contributed by atoms with Crippen LogP contribution in [0.2, 0.25) is 0 Å². The topological polar surface area (TPSA) is 67.3 Å². The molecule has 6 heteroatoms. The Morgan fingerprint density at radius 2 is 1.88 bits per heavy atom. The molecule has 0 saturated carbocycles. The van der Waals surface area contributed by atoms with Gasteiger partial charge in [-0.1, -0.05) is 30.3 Å². The maximum Gasteiger partial charge on any atom is 0.255 e. The number of carbonyl (C=O) groups is 1. The molecule has 26 heavy (non-hydrogen) atoms. The molecule has 0 aliphatic rings. The molecule has 0 aliphatic heterocycles. The van der Waals surface area contributed by atoms with E-state index in [9.17, 15) is 4.79 Å². The van der Waals surface area contributed by atoms with Gasteiger partial charge in [0.05, 0.1) is 13.3 Å². The fraction of sp³-hybridized carbons (Fsp3) is 0.150. The minimum absolute atomic E-state index is 0.234. The molecule has 3 rings (SSSR count). The SMILES string of the molecule is COc1ccc(C(=O)Nc2cncnc2N(C)C)cc1-c1ccccc1. The average Bonchev–Trinajstić information content (AvgIpc) is 2.68. The minimum atomic E-state index is -0.234. The molecule has 6 nitrogen and oxygen atoms in total. The van der Waals surface area contributed by atoms with Crippen molar-refractivity contribution in [3.8, 4) is 16.9 Å². The smallest absolute Gasteiger partial charge is 0.255 e. The Hall–Kier alpha value is -3.41. The van der Waals surface area contributed by atoms with Crippen LogP contribution >= 0.6 is 0 Å². The fourth-order valence-electron chi connectivity index (χ4n) is 2.65. The van der Waals surface area contributed by atoms with Crippen LogP contribution in [0.15, 0.2) is 61.1 Å². The number of aromatic nitrogens is 2. The third-order valence-electron chi connectivity index (χ3n) is 3.91. The molecule has 0 spiro atoms. The number of nitrogens with one attached hydrogen (secondary N) is 1. The van der Waals surface area contributed by atoms with E-state index in [2.05, 4.69) is 15.3 Å². The van der Waals surface area contributed by atoms with Gasteiger partial charge in [-0.2, -0.15) is 0 Å². The van der Waals surface area contributed by atoms with Gasteiger partial charge < -0.3 is 15.0 Å². The second kappa shape index (κ2) is 7.65. The van der Waals surface area contributed by atoms with Crippen molar-refractivity contribution in [2.45, 2.75) is 0 Å². The Morgan fingerprint density at radius 1 is 1.12 bits per heavy atom. The maximum atomic E-state index is 12.7. The summed E-state index contributed by atoms with van der Waals surface area (Å²) in [6, 6.07) is 15.2. The number of rotatable bonds is 5. The van der Waals surface area contributed by atoms with Crippen molar-refractivity contribution >= 4 is 17.4 Å². The quantitative estimate of drug-likeness (QED) is 0.765. The molecule has 0 saturated heterocycles. The number of carbonyl (C=O) groups excluding carboxylic acids is 1. The first kappa shape index (κ1) is 17.4. The number of hydrogen-bond acceptors (Lipinski definition) is 5. The first-order chi connectivity index (χ1) is 12.6. The number of ether oxygens (including phenoxy) is 1. The van der Waals surface area contributed by atoms with E-state index in [-0.39, 0.29) is 5.91 Å². The Labute approximate surface area is 152 Å². The standard InChI is InChI=1S/C20H20N4O2/c1-24(2)19-17(12-21-13-22-19)23-20(25)15-9-10-18(26-3)16(11-15)14-7-5-4-6-8-14/h4-13H,1-3H3,(H,23,25). The molecule has 2 aromatic carbocycles. The van der Waals surface area contributed by atoms with E-state index in [1.54, 1.807) is 25.4 Å². The summed E-state index contributed by atoms with van der Waals surface area (Å²) in [7, 11) is 5.34. The number of nitrogens with zero attached hydrogens (tertiary/aromatic N) is 3. The van der Waals surface area contributed by atoms with Gasteiger partial charge >= 0.3 is 0 Å². The normalized spacial score (nSPS) is 10.3. The van der Waals surface area contributed by atoms with Crippen molar-refractivity contribution in [1.82, 2.24) is 9.97 Å². The highest BCUT2D eigenvalue weighted by Gasteiger charge is 2.14. The van der Waals surface area contributed by atoms with Gasteiger partial charge in [-0.3, -0.25) is 4.79 Å². The van der Waals surface area contributed by atoms with Crippen LogP contribution in [0.4, 0.5) is 11.5 Å². The summed E-state index contributed by atoms with van der Waals surface area (Å²) in [5.74, 6) is 1.12. The van der Waals surface area contributed by atoms with Crippen LogP contribution in [0.3, 0.4) is 0 Å². The lowest BCUT2D eigenvalue weighted by Crippen LogP contribution is -2.18. The predicted molar refractivity (Wildman–Crippen MR) is 103 cm³/mol. The van der Waals surface area contributed by atoms with Crippen molar-refractivity contribution in [1.29, 1.82) is 0 Å². The second-order valence-corrected chi connectivity index (χ2v) is 5.89. The van der Waals surface area contributed by atoms with Gasteiger partial charge in [0.15, 0.2) is 5.82 Å². The average molecular weight is 348 g/mol. The monoisotopic (exact) mass is 348 g/mol. The third kappa shape index (κ3) is 3.64. The molecule has 1 N–H and O–H groups in total. The summed E-state index contributed by atoms with van der Waals surface area (Å²) in [4.78, 5) is 22.8. The molecule has 1 amide bonds. The van der Waals surface area contributed by atoms with E-state index >= 15 is 0 Å². The second-order valence-electron chi connectivity index (χ2n) is 5.89. The van der Waals surface area contributed by atoms with Crippen LogP contribution in [0.25, 0.3) is 11.1 Å². The van der Waals surface area contributed by atoms with Gasteiger partial charge in [0.2, 0.25) is 0 Å². The van der Waals surface area contributed by atoms with Crippen molar-refractivity contribution in [2.75, 3.05) is 31.4 Å². The van der Waals surface area contributed by atoms with Crippen molar-refractivity contribution in [2.24, 2.45) is 0 Å². The van der Waals surface area contributed by atoms with Crippen LogP contribution < -0.4 is 15.0 Å². The lowest BCUT2D eigenvalue weighted by atomic mass is 10.0. The minimum Gasteiger partial charge on any atom is -0.496 e. The molecule has 0 bridgehead atoms. The van der Waals surface area contributed by atoms with Crippen LogP contribution in [-0.2, 0) is 0 Å². The van der Waals surface area contributed by atoms with Gasteiger partial charge in [-0.05, 0) is 23.8 Å². The van der Waals surface area contributed by atoms with Crippen LogP contribution in [0, 0.1) is 0 Å². The van der Waals surface area contributed by atoms with Gasteiger partial charge in [-0.25, -0.2) is 9.97 Å². The van der Waals surface area contributed by atoms with E-state index in [1.807, 2.05) is 55.4 Å². The summed E-state index contributed by atoms with van der Waals surface area (Å²) in [6.07, 6.45) is 3.04. The third-order valence-corrected chi connectivity index (χ3v) is 3.91. The van der Waals surface area contributed by atoms with Crippen molar-refractivity contribution in [3.63, 3.8) is 0 Å². The first-order valence-electron chi connectivity index (χ1n) is 8.12. The van der Waals surface area contributed by atoms with E-state index in [1.165, 1.54) is 6.33 Å². The summed E-state index contributed by atoms with van der Waals surface area (Å²) in [5, 5.41) is 2.88. The highest BCUT2D eigenvalue weighted by molar-refractivity contribution is 6.06. The number of hydrogen-bond donors (Lipinski definition) is 1. The number of methoxy groups -OCH3 is 1. The van der Waals surface area contributed by atoms with E-state index in [0.29, 0.717) is 22.8 Å². The molecule has 1 heterocycles. The number of anilines is 2. The lowest BCUT2D eigenvalue weighted by Gasteiger charge is -2.16. The largest absolute Gasteiger partial charge is 0.496 e. The van der Waals surface area contributed by atoms with E-state index < -0.39 is 0 Å². The van der Waals surface area contributed by atoms with E-state index in [4.69, 9.17) is 4.74 Å². The molecule has 0 atom stereocenters. The van der Waals surface area contributed by atoms with Crippen LogP contribution in [0.5, 0.6) is 5.75 Å². The zero-order chi connectivity index (χ0) is 18.5. The summed E-state index contributed by atoms with van der Waals surface area (Å²) in [6.45, 7) is 0. The summed E-state index contributed by atoms with van der Waals surface area (Å²) < 4.78 is 5.44. The Balaban J connectivity index is 1.94. The van der Waals surface area contributed by atoms with Gasteiger partial charge in [0.1, 0.15) is 17.8 Å². The molecule has 0 radical (unpaired) electrons. The van der Waals surface area contributed by atoms with Crippen molar-refractivity contribution in [3.05, 3.63) is 66.6 Å². The van der Waals surface area contributed by atoms with Gasteiger partial charge in [0.25, 0.3) is 5.91 Å². The highest BCUT2D eigenvalue weighted by atomic mass is 16.5. The molecular formula is C20H20N4O2. The summed E-state index contributed by atoms with van der Waals surface area (Å²) >= 11 is 0.